The number of aliphatic hydroxyl groups excluding tert-OH is 1. The molecular formula is C10H16F3N3O3. The highest BCUT2D eigenvalue weighted by Crippen LogP contribution is 2.20. The van der Waals surface area contributed by atoms with Gasteiger partial charge in [-0.2, -0.15) is 18.2 Å². The van der Waals surface area contributed by atoms with Gasteiger partial charge < -0.3 is 14.4 Å². The van der Waals surface area contributed by atoms with Crippen LogP contribution < -0.4 is 0 Å². The first kappa shape index (κ1) is 15.9. The molecule has 0 radical (unpaired) electrons. The molecule has 0 aromatic carbocycles. The second-order valence-electron chi connectivity index (χ2n) is 4.10. The quantitative estimate of drug-likeness (QED) is 0.790. The highest BCUT2D eigenvalue weighted by molar-refractivity contribution is 4.86. The topological polar surface area (TPSA) is 71.6 Å². The molecule has 0 amide bonds. The van der Waals surface area contributed by atoms with Crippen LogP contribution in [-0.2, 0) is 17.7 Å². The summed E-state index contributed by atoms with van der Waals surface area (Å²) in [5.74, 6) is 0.629. The van der Waals surface area contributed by atoms with E-state index in [9.17, 15) is 13.2 Å². The summed E-state index contributed by atoms with van der Waals surface area (Å²) >= 11 is 0. The van der Waals surface area contributed by atoms with Gasteiger partial charge in [0.2, 0.25) is 5.89 Å². The Bertz CT molecular complexity index is 384. The highest BCUT2D eigenvalue weighted by Gasteiger charge is 2.38. The van der Waals surface area contributed by atoms with Crippen LogP contribution in [0.1, 0.15) is 11.7 Å². The Morgan fingerprint density at radius 2 is 2.16 bits per heavy atom. The average molecular weight is 283 g/mol. The van der Waals surface area contributed by atoms with Crippen molar-refractivity contribution in [1.29, 1.82) is 0 Å². The molecule has 0 saturated carbocycles. The number of nitrogens with zero attached hydrogens (tertiary/aromatic N) is 3. The maximum Gasteiger partial charge on any atom is 0.415 e. The largest absolute Gasteiger partial charge is 0.415 e. The zero-order valence-corrected chi connectivity index (χ0v) is 10.6. The fourth-order valence-electron chi connectivity index (χ4n) is 1.34. The molecule has 1 atom stereocenters. The third-order valence-electron chi connectivity index (χ3n) is 2.31. The summed E-state index contributed by atoms with van der Waals surface area (Å²) in [6.07, 6.45) is -6.56. The summed E-state index contributed by atoms with van der Waals surface area (Å²) in [5.41, 5.74) is 0. The number of ether oxygens (including phenoxy) is 1. The van der Waals surface area contributed by atoms with Gasteiger partial charge >= 0.3 is 6.18 Å². The standard InChI is InChI=1S/C10H16F3N3O3/c1-16(5-7(17)10(11,12)13)6-9-14-8(15-19-9)3-4-18-2/h7,17H,3-6H2,1-2H3. The molecule has 0 fully saturated rings. The van der Waals surface area contributed by atoms with Crippen LogP contribution in [0.3, 0.4) is 0 Å². The van der Waals surface area contributed by atoms with E-state index in [1.54, 1.807) is 0 Å². The van der Waals surface area contributed by atoms with Crippen molar-refractivity contribution in [2.75, 3.05) is 27.3 Å². The summed E-state index contributed by atoms with van der Waals surface area (Å²) in [6.45, 7) is -0.0893. The molecule has 1 N–H and O–H groups in total. The first-order valence-electron chi connectivity index (χ1n) is 5.56. The van der Waals surface area contributed by atoms with Gasteiger partial charge in [-0.3, -0.25) is 4.90 Å². The number of likely N-dealkylation sites (N-methyl/N-ethyl adjacent to an activating group) is 1. The normalized spacial score (nSPS) is 14.1. The van der Waals surface area contributed by atoms with Crippen molar-refractivity contribution in [2.24, 2.45) is 0 Å². The van der Waals surface area contributed by atoms with E-state index in [0.717, 1.165) is 0 Å². The van der Waals surface area contributed by atoms with Crippen LogP contribution in [0.4, 0.5) is 13.2 Å². The molecule has 1 aromatic rings. The lowest BCUT2D eigenvalue weighted by atomic mass is 10.3. The van der Waals surface area contributed by atoms with Crippen LogP contribution in [0.2, 0.25) is 0 Å². The number of aliphatic hydroxyl groups is 1. The van der Waals surface area contributed by atoms with Crippen molar-refractivity contribution in [2.45, 2.75) is 25.2 Å². The second kappa shape index (κ2) is 6.83. The van der Waals surface area contributed by atoms with E-state index >= 15 is 0 Å². The van der Waals surface area contributed by atoms with Gasteiger partial charge in [0.25, 0.3) is 0 Å². The molecule has 0 saturated heterocycles. The molecular weight excluding hydrogens is 267 g/mol. The van der Waals surface area contributed by atoms with Crippen LogP contribution >= 0.6 is 0 Å². The van der Waals surface area contributed by atoms with Gasteiger partial charge in [-0.05, 0) is 7.05 Å². The fraction of sp³-hybridized carbons (Fsp3) is 0.800. The number of halogens is 3. The fourth-order valence-corrected chi connectivity index (χ4v) is 1.34. The molecule has 1 aromatic heterocycles. The Hall–Kier alpha value is -1.19. The molecule has 0 aliphatic rings. The molecule has 0 aliphatic heterocycles. The zero-order chi connectivity index (χ0) is 14.5. The summed E-state index contributed by atoms with van der Waals surface area (Å²) in [6, 6.07) is 0. The smallest absolute Gasteiger partial charge is 0.384 e. The van der Waals surface area contributed by atoms with Crippen LogP contribution in [0.15, 0.2) is 4.52 Å². The monoisotopic (exact) mass is 283 g/mol. The van der Waals surface area contributed by atoms with E-state index in [2.05, 4.69) is 10.1 Å². The summed E-state index contributed by atoms with van der Waals surface area (Å²) in [4.78, 5) is 5.25. The van der Waals surface area contributed by atoms with E-state index in [0.29, 0.717) is 18.9 Å². The summed E-state index contributed by atoms with van der Waals surface area (Å²) in [7, 11) is 2.96. The Kier molecular flexibility index (Phi) is 5.70. The van der Waals surface area contributed by atoms with Gasteiger partial charge in [-0.1, -0.05) is 5.16 Å². The molecule has 1 rings (SSSR count). The lowest BCUT2D eigenvalue weighted by molar-refractivity contribution is -0.207. The minimum absolute atomic E-state index is 0.0348. The van der Waals surface area contributed by atoms with Crippen molar-refractivity contribution in [3.8, 4) is 0 Å². The van der Waals surface area contributed by atoms with Crippen LogP contribution in [0.5, 0.6) is 0 Å². The number of hydrogen-bond acceptors (Lipinski definition) is 6. The van der Waals surface area contributed by atoms with E-state index < -0.39 is 18.8 Å². The third kappa shape index (κ3) is 5.53. The second-order valence-corrected chi connectivity index (χ2v) is 4.10. The van der Waals surface area contributed by atoms with Gasteiger partial charge in [0, 0.05) is 20.1 Å². The molecule has 0 spiro atoms. The molecule has 110 valence electrons. The van der Waals surface area contributed by atoms with Crippen molar-refractivity contribution in [1.82, 2.24) is 15.0 Å². The minimum Gasteiger partial charge on any atom is -0.384 e. The lowest BCUT2D eigenvalue weighted by Gasteiger charge is -2.20. The molecule has 0 bridgehead atoms. The first-order chi connectivity index (χ1) is 8.82. The van der Waals surface area contributed by atoms with E-state index in [1.807, 2.05) is 0 Å². The van der Waals surface area contributed by atoms with Crippen molar-refractivity contribution in [3.63, 3.8) is 0 Å². The molecule has 6 nitrogen and oxygen atoms in total. The van der Waals surface area contributed by atoms with Gasteiger partial charge in [0.15, 0.2) is 11.9 Å². The zero-order valence-electron chi connectivity index (χ0n) is 10.6. The average Bonchev–Trinajstić information content (AvgIpc) is 2.72. The Morgan fingerprint density at radius 1 is 1.47 bits per heavy atom. The number of rotatable bonds is 7. The maximum absolute atomic E-state index is 12.1. The van der Waals surface area contributed by atoms with Gasteiger partial charge in [0.05, 0.1) is 13.2 Å². The Labute approximate surface area is 108 Å². The van der Waals surface area contributed by atoms with Crippen LogP contribution in [-0.4, -0.2) is 59.7 Å². The van der Waals surface area contributed by atoms with E-state index in [4.69, 9.17) is 14.4 Å². The van der Waals surface area contributed by atoms with Crippen molar-refractivity contribution >= 4 is 0 Å². The van der Waals surface area contributed by atoms with E-state index in [-0.39, 0.29) is 12.4 Å². The summed E-state index contributed by atoms with van der Waals surface area (Å²) in [5, 5.41) is 12.6. The molecule has 0 aliphatic carbocycles. The summed E-state index contributed by atoms with van der Waals surface area (Å²) < 4.78 is 46.2. The number of methoxy groups -OCH3 is 1. The molecule has 1 heterocycles. The SMILES string of the molecule is COCCc1noc(CN(C)CC(O)C(F)(F)F)n1. The van der Waals surface area contributed by atoms with Crippen LogP contribution in [0, 0.1) is 0 Å². The molecule has 1 unspecified atom stereocenters. The molecule has 9 heteroatoms. The van der Waals surface area contributed by atoms with Crippen molar-refractivity contribution < 1.29 is 27.5 Å². The highest BCUT2D eigenvalue weighted by atomic mass is 19.4. The lowest BCUT2D eigenvalue weighted by Crippen LogP contribution is -2.39. The van der Waals surface area contributed by atoms with Crippen molar-refractivity contribution in [3.05, 3.63) is 11.7 Å². The number of hydrogen-bond donors (Lipinski definition) is 1. The van der Waals surface area contributed by atoms with Crippen LogP contribution in [0.25, 0.3) is 0 Å². The minimum atomic E-state index is -4.63. The first-order valence-corrected chi connectivity index (χ1v) is 5.56. The maximum atomic E-state index is 12.1. The third-order valence-corrected chi connectivity index (χ3v) is 2.31. The predicted molar refractivity (Wildman–Crippen MR) is 58.3 cm³/mol. The molecule has 19 heavy (non-hydrogen) atoms. The van der Waals surface area contributed by atoms with E-state index in [1.165, 1.54) is 19.1 Å². The van der Waals surface area contributed by atoms with Gasteiger partial charge in [0.1, 0.15) is 0 Å². The number of alkyl halides is 3. The Balaban J connectivity index is 2.44. The predicted octanol–water partition coefficient (Wildman–Crippen LogP) is 0.614. The van der Waals surface area contributed by atoms with Gasteiger partial charge in [-0.25, -0.2) is 0 Å². The number of aromatic nitrogens is 2. The Morgan fingerprint density at radius 3 is 2.74 bits per heavy atom. The van der Waals surface area contributed by atoms with Gasteiger partial charge in [-0.15, -0.1) is 0 Å².